The molecule has 0 aromatic rings. The van der Waals surface area contributed by atoms with E-state index in [0.29, 0.717) is 6.42 Å². The number of hydrogen-bond donors (Lipinski definition) is 3. The minimum atomic E-state index is -0.774. The normalized spacial score (nSPS) is 13.4. The molecule has 4 nitrogen and oxygen atoms in total. The fraction of sp³-hybridized carbons (Fsp3) is 0.833. The minimum absolute atomic E-state index is 0.162. The molecule has 0 fully saturated rings. The van der Waals surface area contributed by atoms with Gasteiger partial charge < -0.3 is 15.5 Å². The lowest BCUT2D eigenvalue weighted by Crippen LogP contribution is -2.45. The van der Waals surface area contributed by atoms with Crippen LogP contribution in [0.5, 0.6) is 0 Å². The lowest BCUT2D eigenvalue weighted by Gasteiger charge is -2.21. The molecule has 3 N–H and O–H groups in total. The van der Waals surface area contributed by atoms with E-state index < -0.39 is 12.1 Å². The average molecular weight is 646 g/mol. The van der Waals surface area contributed by atoms with E-state index in [4.69, 9.17) is 0 Å². The van der Waals surface area contributed by atoms with E-state index in [1.165, 1.54) is 161 Å². The van der Waals surface area contributed by atoms with Crippen LogP contribution in [-0.4, -0.2) is 34.9 Å². The van der Waals surface area contributed by atoms with Gasteiger partial charge in [0.2, 0.25) is 5.91 Å². The lowest BCUT2D eigenvalue weighted by atomic mass is 10.0. The first-order chi connectivity index (χ1) is 22.7. The summed E-state index contributed by atoms with van der Waals surface area (Å²) in [7, 11) is 0. The quantitative estimate of drug-likeness (QED) is 0.0469. The number of aliphatic hydroxyl groups is 2. The first kappa shape index (κ1) is 44.6. The van der Waals surface area contributed by atoms with Crippen molar-refractivity contribution in [2.45, 2.75) is 219 Å². The Morgan fingerprint density at radius 1 is 0.522 bits per heavy atom. The molecule has 0 aromatic carbocycles. The summed E-state index contributed by atoms with van der Waals surface area (Å²) in [6, 6.07) is -0.627. The van der Waals surface area contributed by atoms with Crippen LogP contribution in [0.4, 0.5) is 0 Å². The summed E-state index contributed by atoms with van der Waals surface area (Å²) in [5.41, 5.74) is 0. The van der Waals surface area contributed by atoms with Crippen molar-refractivity contribution in [3.8, 4) is 0 Å². The molecule has 0 aliphatic rings. The van der Waals surface area contributed by atoms with Crippen molar-refractivity contribution in [3.63, 3.8) is 0 Å². The van der Waals surface area contributed by atoms with E-state index >= 15 is 0 Å². The molecule has 0 saturated heterocycles. The van der Waals surface area contributed by atoms with Crippen molar-refractivity contribution in [2.24, 2.45) is 0 Å². The fourth-order valence-corrected chi connectivity index (χ4v) is 6.01. The van der Waals surface area contributed by atoms with Gasteiger partial charge in [-0.25, -0.2) is 0 Å². The van der Waals surface area contributed by atoms with Crippen LogP contribution in [0.3, 0.4) is 0 Å². The summed E-state index contributed by atoms with van der Waals surface area (Å²) < 4.78 is 0. The average Bonchev–Trinajstić information content (AvgIpc) is 3.06. The van der Waals surface area contributed by atoms with Crippen LogP contribution in [0.15, 0.2) is 36.5 Å². The minimum Gasteiger partial charge on any atom is -0.394 e. The lowest BCUT2D eigenvalue weighted by molar-refractivity contribution is -0.122. The maximum absolute atomic E-state index is 12.3. The third-order valence-corrected chi connectivity index (χ3v) is 9.16. The largest absolute Gasteiger partial charge is 0.394 e. The van der Waals surface area contributed by atoms with E-state index in [1.807, 2.05) is 18.2 Å². The number of carbonyl (C=O) groups is 1. The highest BCUT2D eigenvalue weighted by Crippen LogP contribution is 2.14. The van der Waals surface area contributed by atoms with E-state index in [2.05, 4.69) is 37.4 Å². The maximum Gasteiger partial charge on any atom is 0.224 e. The molecule has 1 amide bonds. The van der Waals surface area contributed by atoms with Gasteiger partial charge in [-0.3, -0.25) is 4.79 Å². The Balaban J connectivity index is 3.65. The van der Waals surface area contributed by atoms with Crippen molar-refractivity contribution in [1.82, 2.24) is 5.32 Å². The van der Waals surface area contributed by atoms with Crippen molar-refractivity contribution in [1.29, 1.82) is 0 Å². The second kappa shape index (κ2) is 38.1. The summed E-state index contributed by atoms with van der Waals surface area (Å²) in [6.07, 6.45) is 49.7. The van der Waals surface area contributed by atoms with Crippen molar-refractivity contribution < 1.29 is 15.0 Å². The Kier molecular flexibility index (Phi) is 36.9. The zero-order valence-electron chi connectivity index (χ0n) is 30.8. The van der Waals surface area contributed by atoms with Crippen molar-refractivity contribution in [2.75, 3.05) is 6.61 Å². The van der Waals surface area contributed by atoms with Gasteiger partial charge >= 0.3 is 0 Å². The predicted octanol–water partition coefficient (Wildman–Crippen LogP) is 12.2. The number of nitrogens with one attached hydrogen (secondary N) is 1. The summed E-state index contributed by atoms with van der Waals surface area (Å²) in [4.78, 5) is 12.3. The molecule has 0 saturated carbocycles. The van der Waals surface area contributed by atoms with Crippen LogP contribution < -0.4 is 5.32 Å². The number of carbonyl (C=O) groups excluding carboxylic acids is 1. The Bertz CT molecular complexity index is 701. The first-order valence-corrected chi connectivity index (χ1v) is 20.2. The van der Waals surface area contributed by atoms with Crippen LogP contribution in [0.2, 0.25) is 0 Å². The van der Waals surface area contributed by atoms with Crippen LogP contribution in [0, 0.1) is 0 Å². The summed E-state index contributed by atoms with van der Waals surface area (Å²) >= 11 is 0. The Morgan fingerprint density at radius 3 is 1.30 bits per heavy atom. The molecule has 270 valence electrons. The van der Waals surface area contributed by atoms with Gasteiger partial charge in [0.1, 0.15) is 0 Å². The number of rotatable bonds is 36. The smallest absolute Gasteiger partial charge is 0.224 e. The molecule has 0 aromatic heterocycles. The summed E-state index contributed by atoms with van der Waals surface area (Å²) in [5.74, 6) is -0.162. The Labute approximate surface area is 287 Å². The highest BCUT2D eigenvalue weighted by molar-refractivity contribution is 5.77. The second-order valence-corrected chi connectivity index (χ2v) is 13.7. The standard InChI is InChI=1S/C42H79NO3/c1-3-5-7-9-11-13-15-17-18-19-20-21-22-23-24-26-28-30-32-34-36-38-42(46)43-40(39-44)41(45)37-35-33-31-29-27-25-16-14-12-10-8-6-4-2/h28,30,33-36,40-41,44-45H,3-27,29,31-32,37-39H2,1-2H3,(H,43,46)/t40-,41+/m0/s1. The number of amides is 1. The van der Waals surface area contributed by atoms with Crippen LogP contribution >= 0.6 is 0 Å². The molecule has 0 aliphatic carbocycles. The molecule has 0 heterocycles. The van der Waals surface area contributed by atoms with Gasteiger partial charge in [-0.15, -0.1) is 0 Å². The molecular weight excluding hydrogens is 566 g/mol. The molecule has 0 aliphatic heterocycles. The Morgan fingerprint density at radius 2 is 0.891 bits per heavy atom. The van der Waals surface area contributed by atoms with Gasteiger partial charge in [0.25, 0.3) is 0 Å². The molecule has 2 atom stereocenters. The van der Waals surface area contributed by atoms with Gasteiger partial charge in [0.15, 0.2) is 0 Å². The molecule has 46 heavy (non-hydrogen) atoms. The summed E-state index contributed by atoms with van der Waals surface area (Å²) in [5, 5.41) is 22.9. The first-order valence-electron chi connectivity index (χ1n) is 20.2. The molecule has 0 radical (unpaired) electrons. The highest BCUT2D eigenvalue weighted by Gasteiger charge is 2.18. The monoisotopic (exact) mass is 646 g/mol. The van der Waals surface area contributed by atoms with Crippen LogP contribution in [0.1, 0.15) is 206 Å². The molecule has 0 bridgehead atoms. The number of allylic oxidation sites excluding steroid dienone is 4. The van der Waals surface area contributed by atoms with Crippen molar-refractivity contribution in [3.05, 3.63) is 36.5 Å². The topological polar surface area (TPSA) is 69.6 Å². The zero-order valence-corrected chi connectivity index (χ0v) is 30.8. The maximum atomic E-state index is 12.3. The van der Waals surface area contributed by atoms with Gasteiger partial charge in [-0.2, -0.15) is 0 Å². The van der Waals surface area contributed by atoms with E-state index in [1.54, 1.807) is 0 Å². The molecule has 0 unspecified atom stereocenters. The van der Waals surface area contributed by atoms with Gasteiger partial charge in [-0.05, 0) is 38.5 Å². The SMILES string of the molecule is CCCCCCCCCCCCC=CC[C@@H](O)[C@H](CO)NC(=O)CC=CCC=CCCCCCCCCCCCCCCCCC. The fourth-order valence-electron chi connectivity index (χ4n) is 6.01. The van der Waals surface area contributed by atoms with Crippen LogP contribution in [-0.2, 0) is 4.79 Å². The number of hydrogen-bond acceptors (Lipinski definition) is 3. The van der Waals surface area contributed by atoms with E-state index in [-0.39, 0.29) is 18.9 Å². The van der Waals surface area contributed by atoms with Crippen molar-refractivity contribution >= 4 is 5.91 Å². The van der Waals surface area contributed by atoms with Crippen LogP contribution in [0.25, 0.3) is 0 Å². The van der Waals surface area contributed by atoms with Gasteiger partial charge in [0.05, 0.1) is 18.8 Å². The third kappa shape index (κ3) is 34.0. The third-order valence-electron chi connectivity index (χ3n) is 9.16. The second-order valence-electron chi connectivity index (χ2n) is 13.7. The molecule has 4 heteroatoms. The molecule has 0 rings (SSSR count). The zero-order chi connectivity index (χ0) is 33.6. The van der Waals surface area contributed by atoms with Gasteiger partial charge in [-0.1, -0.05) is 198 Å². The molecular formula is C42H79NO3. The number of unbranched alkanes of at least 4 members (excludes halogenated alkanes) is 25. The number of aliphatic hydroxyl groups excluding tert-OH is 2. The predicted molar refractivity (Wildman–Crippen MR) is 202 cm³/mol. The summed E-state index contributed by atoms with van der Waals surface area (Å²) in [6.45, 7) is 4.29. The Hall–Kier alpha value is -1.39. The highest BCUT2D eigenvalue weighted by atomic mass is 16.3. The van der Waals surface area contributed by atoms with E-state index in [0.717, 1.165) is 19.3 Å². The van der Waals surface area contributed by atoms with E-state index in [9.17, 15) is 15.0 Å². The molecule has 0 spiro atoms. The van der Waals surface area contributed by atoms with Gasteiger partial charge in [0, 0.05) is 6.42 Å².